The standard InChI is InChI=1S/C10H17F2NO2/c11-10(12)1-3-13(4-2-10)5-9(6-14)7-15-8-9/h14H,1-8H2. The fourth-order valence-corrected chi connectivity index (χ4v) is 2.14. The maximum atomic E-state index is 12.9. The third-order valence-corrected chi connectivity index (χ3v) is 3.30. The summed E-state index contributed by atoms with van der Waals surface area (Å²) in [6.45, 7) is 2.72. The van der Waals surface area contributed by atoms with Gasteiger partial charge in [-0.2, -0.15) is 0 Å². The molecule has 0 atom stereocenters. The van der Waals surface area contributed by atoms with Gasteiger partial charge in [-0.25, -0.2) is 8.78 Å². The smallest absolute Gasteiger partial charge is 0.250 e. The number of aliphatic hydroxyl groups excluding tert-OH is 1. The van der Waals surface area contributed by atoms with Crippen molar-refractivity contribution in [3.63, 3.8) is 0 Å². The highest BCUT2D eigenvalue weighted by Gasteiger charge is 2.42. The van der Waals surface area contributed by atoms with Crippen molar-refractivity contribution in [2.24, 2.45) is 5.41 Å². The van der Waals surface area contributed by atoms with Crippen LogP contribution < -0.4 is 0 Å². The molecule has 0 spiro atoms. The Balaban J connectivity index is 1.81. The molecule has 2 rings (SSSR count). The zero-order valence-corrected chi connectivity index (χ0v) is 8.72. The Morgan fingerprint density at radius 1 is 1.20 bits per heavy atom. The van der Waals surface area contributed by atoms with Gasteiger partial charge < -0.3 is 14.7 Å². The number of nitrogens with zero attached hydrogens (tertiary/aromatic N) is 1. The number of piperidine rings is 1. The second-order valence-electron chi connectivity index (χ2n) is 4.78. The van der Waals surface area contributed by atoms with Crippen molar-refractivity contribution in [3.05, 3.63) is 0 Å². The highest BCUT2D eigenvalue weighted by Crippen LogP contribution is 2.32. The Hall–Kier alpha value is -0.260. The molecule has 2 fully saturated rings. The Morgan fingerprint density at radius 3 is 2.20 bits per heavy atom. The van der Waals surface area contributed by atoms with Crippen LogP contribution in [-0.2, 0) is 4.74 Å². The molecule has 2 aliphatic heterocycles. The lowest BCUT2D eigenvalue weighted by molar-refractivity contribution is -0.156. The molecule has 0 amide bonds. The van der Waals surface area contributed by atoms with E-state index in [-0.39, 0.29) is 24.9 Å². The average Bonchev–Trinajstić information content (AvgIpc) is 2.14. The second kappa shape index (κ2) is 3.96. The molecular formula is C10H17F2NO2. The van der Waals surface area contributed by atoms with Crippen LogP contribution in [0.1, 0.15) is 12.8 Å². The summed E-state index contributed by atoms with van der Waals surface area (Å²) in [6, 6.07) is 0. The van der Waals surface area contributed by atoms with E-state index in [2.05, 4.69) is 0 Å². The summed E-state index contributed by atoms with van der Waals surface area (Å²) < 4.78 is 30.9. The first-order valence-corrected chi connectivity index (χ1v) is 5.34. The molecule has 88 valence electrons. The van der Waals surface area contributed by atoms with Gasteiger partial charge in [-0.3, -0.25) is 0 Å². The minimum absolute atomic E-state index is 0.0602. The highest BCUT2D eigenvalue weighted by atomic mass is 19.3. The van der Waals surface area contributed by atoms with Crippen LogP contribution in [0, 0.1) is 5.41 Å². The summed E-state index contributed by atoms with van der Waals surface area (Å²) in [5.74, 6) is -2.49. The molecule has 2 aliphatic rings. The van der Waals surface area contributed by atoms with Gasteiger partial charge in [-0.15, -0.1) is 0 Å². The van der Waals surface area contributed by atoms with Crippen molar-refractivity contribution in [1.82, 2.24) is 4.90 Å². The predicted molar refractivity (Wildman–Crippen MR) is 51.0 cm³/mol. The van der Waals surface area contributed by atoms with Crippen molar-refractivity contribution in [2.45, 2.75) is 18.8 Å². The molecule has 0 bridgehead atoms. The Bertz CT molecular complexity index is 216. The number of rotatable bonds is 3. The lowest BCUT2D eigenvalue weighted by Crippen LogP contribution is -2.55. The molecule has 0 aromatic carbocycles. The van der Waals surface area contributed by atoms with Gasteiger partial charge in [-0.1, -0.05) is 0 Å². The van der Waals surface area contributed by atoms with E-state index in [0.29, 0.717) is 32.8 Å². The molecule has 15 heavy (non-hydrogen) atoms. The fraction of sp³-hybridized carbons (Fsp3) is 1.00. The quantitative estimate of drug-likeness (QED) is 0.762. The van der Waals surface area contributed by atoms with Gasteiger partial charge in [-0.05, 0) is 0 Å². The van der Waals surface area contributed by atoms with Gasteiger partial charge >= 0.3 is 0 Å². The van der Waals surface area contributed by atoms with E-state index in [0.717, 1.165) is 0 Å². The molecule has 1 N–H and O–H groups in total. The molecule has 0 saturated carbocycles. The number of hydrogen-bond acceptors (Lipinski definition) is 3. The van der Waals surface area contributed by atoms with E-state index in [1.807, 2.05) is 4.90 Å². The topological polar surface area (TPSA) is 32.7 Å². The van der Waals surface area contributed by atoms with Crippen LogP contribution >= 0.6 is 0 Å². The zero-order chi connectivity index (χ0) is 10.9. The number of alkyl halides is 2. The summed E-state index contributed by atoms with van der Waals surface area (Å²) >= 11 is 0. The third-order valence-electron chi connectivity index (χ3n) is 3.30. The molecule has 0 radical (unpaired) electrons. The van der Waals surface area contributed by atoms with Gasteiger partial charge in [0.05, 0.1) is 25.2 Å². The molecular weight excluding hydrogens is 204 g/mol. The summed E-state index contributed by atoms with van der Waals surface area (Å²) in [6.07, 6.45) is -0.120. The Labute approximate surface area is 88.0 Å². The Morgan fingerprint density at radius 2 is 1.80 bits per heavy atom. The summed E-state index contributed by atoms with van der Waals surface area (Å²) in [4.78, 5) is 2.01. The van der Waals surface area contributed by atoms with Crippen molar-refractivity contribution in [3.8, 4) is 0 Å². The van der Waals surface area contributed by atoms with E-state index in [1.54, 1.807) is 0 Å². The molecule has 0 unspecified atom stereocenters. The molecule has 2 saturated heterocycles. The van der Waals surface area contributed by atoms with Gasteiger partial charge in [0.15, 0.2) is 0 Å². The van der Waals surface area contributed by atoms with Gasteiger partial charge in [0, 0.05) is 32.5 Å². The highest BCUT2D eigenvalue weighted by molar-refractivity contribution is 4.90. The number of hydrogen-bond donors (Lipinski definition) is 1. The number of ether oxygens (including phenoxy) is 1. The molecule has 0 aliphatic carbocycles. The van der Waals surface area contributed by atoms with E-state index in [1.165, 1.54) is 0 Å². The van der Waals surface area contributed by atoms with E-state index >= 15 is 0 Å². The van der Waals surface area contributed by atoms with Crippen molar-refractivity contribution in [1.29, 1.82) is 0 Å². The van der Waals surface area contributed by atoms with Gasteiger partial charge in [0.1, 0.15) is 0 Å². The lowest BCUT2D eigenvalue weighted by atomic mass is 9.85. The third kappa shape index (κ3) is 2.46. The number of likely N-dealkylation sites (tertiary alicyclic amines) is 1. The van der Waals surface area contributed by atoms with Crippen LogP contribution in [0.15, 0.2) is 0 Å². The Kier molecular flexibility index (Phi) is 2.96. The van der Waals surface area contributed by atoms with E-state index < -0.39 is 5.92 Å². The monoisotopic (exact) mass is 221 g/mol. The van der Waals surface area contributed by atoms with Gasteiger partial charge in [0.25, 0.3) is 5.92 Å². The normalized spacial score (nSPS) is 29.8. The maximum Gasteiger partial charge on any atom is 0.250 e. The van der Waals surface area contributed by atoms with Crippen LogP contribution in [0.25, 0.3) is 0 Å². The van der Waals surface area contributed by atoms with Crippen LogP contribution in [-0.4, -0.2) is 55.4 Å². The molecule has 3 nitrogen and oxygen atoms in total. The summed E-state index contributed by atoms with van der Waals surface area (Å²) in [7, 11) is 0. The largest absolute Gasteiger partial charge is 0.396 e. The minimum atomic E-state index is -2.49. The van der Waals surface area contributed by atoms with Crippen LogP contribution in [0.2, 0.25) is 0 Å². The first-order valence-electron chi connectivity index (χ1n) is 5.34. The summed E-state index contributed by atoms with van der Waals surface area (Å²) in [5.41, 5.74) is -0.188. The van der Waals surface area contributed by atoms with Crippen LogP contribution in [0.4, 0.5) is 8.78 Å². The second-order valence-corrected chi connectivity index (χ2v) is 4.78. The maximum absolute atomic E-state index is 12.9. The molecule has 0 aromatic heterocycles. The van der Waals surface area contributed by atoms with E-state index in [9.17, 15) is 13.9 Å². The van der Waals surface area contributed by atoms with Crippen molar-refractivity contribution >= 4 is 0 Å². The minimum Gasteiger partial charge on any atom is -0.396 e. The van der Waals surface area contributed by atoms with Crippen molar-refractivity contribution in [2.75, 3.05) is 39.5 Å². The summed E-state index contributed by atoms with van der Waals surface area (Å²) in [5, 5.41) is 9.22. The molecule has 0 aromatic rings. The molecule has 2 heterocycles. The van der Waals surface area contributed by atoms with Crippen molar-refractivity contribution < 1.29 is 18.6 Å². The van der Waals surface area contributed by atoms with Gasteiger partial charge in [0.2, 0.25) is 0 Å². The SMILES string of the molecule is OCC1(CN2CCC(F)(F)CC2)COC1. The fourth-order valence-electron chi connectivity index (χ4n) is 2.14. The first-order chi connectivity index (χ1) is 7.05. The number of aliphatic hydroxyl groups is 1. The molecule has 5 heteroatoms. The number of halogens is 2. The predicted octanol–water partition coefficient (Wildman–Crippen LogP) is 0.726. The first kappa shape index (κ1) is 11.2. The van der Waals surface area contributed by atoms with Crippen LogP contribution in [0.5, 0.6) is 0 Å². The van der Waals surface area contributed by atoms with Crippen LogP contribution in [0.3, 0.4) is 0 Å². The average molecular weight is 221 g/mol. The zero-order valence-electron chi connectivity index (χ0n) is 8.72. The lowest BCUT2D eigenvalue weighted by Gasteiger charge is -2.44. The van der Waals surface area contributed by atoms with E-state index in [4.69, 9.17) is 4.74 Å².